The van der Waals surface area contributed by atoms with E-state index in [0.29, 0.717) is 19.4 Å². The number of nitrogens with zero attached hydrogens (tertiary/aromatic N) is 1. The van der Waals surface area contributed by atoms with Gasteiger partial charge in [0.15, 0.2) is 0 Å². The van der Waals surface area contributed by atoms with E-state index in [1.165, 1.54) is 0 Å². The van der Waals surface area contributed by atoms with E-state index in [9.17, 15) is 4.79 Å². The van der Waals surface area contributed by atoms with Crippen LogP contribution in [-0.2, 0) is 16.0 Å². The monoisotopic (exact) mass is 354 g/mol. The second-order valence-electron chi connectivity index (χ2n) is 6.21. The van der Waals surface area contributed by atoms with Crippen molar-refractivity contribution in [2.24, 2.45) is 0 Å². The lowest BCUT2D eigenvalue weighted by atomic mass is 10.1. The van der Waals surface area contributed by atoms with Crippen LogP contribution in [0, 0.1) is 0 Å². The smallest absolute Gasteiger partial charge is 0.224 e. The van der Waals surface area contributed by atoms with E-state index in [-0.39, 0.29) is 5.91 Å². The quantitative estimate of drug-likeness (QED) is 0.827. The Bertz CT molecular complexity index is 727. The van der Waals surface area contributed by atoms with E-state index in [1.54, 1.807) is 0 Å². The van der Waals surface area contributed by atoms with Crippen LogP contribution in [0.3, 0.4) is 0 Å². The summed E-state index contributed by atoms with van der Waals surface area (Å²) in [5, 5.41) is 3.07. The highest BCUT2D eigenvalue weighted by atomic mass is 16.5. The highest BCUT2D eigenvalue weighted by molar-refractivity contribution is 5.94. The van der Waals surface area contributed by atoms with Crippen molar-refractivity contribution in [2.45, 2.75) is 19.8 Å². The number of aryl methyl sites for hydroxylation is 1. The summed E-state index contributed by atoms with van der Waals surface area (Å²) in [7, 11) is 0. The minimum absolute atomic E-state index is 0.0111. The topological polar surface area (TPSA) is 50.8 Å². The van der Waals surface area contributed by atoms with Gasteiger partial charge in [-0.3, -0.25) is 4.79 Å². The van der Waals surface area contributed by atoms with Crippen LogP contribution < -0.4 is 15.0 Å². The molecular weight excluding hydrogens is 328 g/mol. The van der Waals surface area contributed by atoms with Crippen molar-refractivity contribution >= 4 is 17.3 Å². The number of benzene rings is 2. The summed E-state index contributed by atoms with van der Waals surface area (Å²) in [6.45, 7) is 5.71. The maximum atomic E-state index is 12.5. The molecule has 2 aromatic rings. The number of hydrogen-bond donors (Lipinski definition) is 1. The zero-order chi connectivity index (χ0) is 18.2. The van der Waals surface area contributed by atoms with Crippen molar-refractivity contribution in [1.29, 1.82) is 0 Å². The highest BCUT2D eigenvalue weighted by Crippen LogP contribution is 2.27. The summed E-state index contributed by atoms with van der Waals surface area (Å²) < 4.78 is 11.1. The van der Waals surface area contributed by atoms with Crippen molar-refractivity contribution in [3.8, 4) is 5.75 Å². The predicted octanol–water partition coefficient (Wildman–Crippen LogP) is 3.49. The Kier molecular flexibility index (Phi) is 6.50. The Morgan fingerprint density at radius 2 is 1.85 bits per heavy atom. The Labute approximate surface area is 154 Å². The van der Waals surface area contributed by atoms with E-state index in [4.69, 9.17) is 9.47 Å². The normalized spacial score (nSPS) is 14.1. The van der Waals surface area contributed by atoms with Gasteiger partial charge in [0.25, 0.3) is 0 Å². The Hall–Kier alpha value is -2.53. The SMILES string of the molecule is CCOc1ccccc1CCC(=O)Nc1ccccc1N1CCOCC1. The van der Waals surface area contributed by atoms with Gasteiger partial charge in [-0.1, -0.05) is 30.3 Å². The third kappa shape index (κ3) is 4.76. The molecule has 0 atom stereocenters. The van der Waals surface area contributed by atoms with E-state index >= 15 is 0 Å². The van der Waals surface area contributed by atoms with Crippen LogP contribution in [0.4, 0.5) is 11.4 Å². The molecule has 0 bridgehead atoms. The molecule has 5 heteroatoms. The Balaban J connectivity index is 1.62. The summed E-state index contributed by atoms with van der Waals surface area (Å²) in [6.07, 6.45) is 1.07. The second kappa shape index (κ2) is 9.25. The third-order valence-electron chi connectivity index (χ3n) is 4.42. The molecule has 5 nitrogen and oxygen atoms in total. The molecular formula is C21H26N2O3. The molecule has 1 saturated heterocycles. The molecule has 1 aliphatic heterocycles. The molecule has 1 aliphatic rings. The number of hydrogen-bond acceptors (Lipinski definition) is 4. The molecule has 0 saturated carbocycles. The van der Waals surface area contributed by atoms with Crippen LogP contribution in [0.25, 0.3) is 0 Å². The summed E-state index contributed by atoms with van der Waals surface area (Å²) in [6, 6.07) is 15.8. The first-order valence-electron chi connectivity index (χ1n) is 9.20. The van der Waals surface area contributed by atoms with Crippen molar-refractivity contribution < 1.29 is 14.3 Å². The number of ether oxygens (including phenoxy) is 2. The second-order valence-corrected chi connectivity index (χ2v) is 6.21. The fourth-order valence-corrected chi connectivity index (χ4v) is 3.13. The van der Waals surface area contributed by atoms with E-state index in [0.717, 1.165) is 49.0 Å². The van der Waals surface area contributed by atoms with Crippen molar-refractivity contribution in [3.05, 3.63) is 54.1 Å². The van der Waals surface area contributed by atoms with Crippen LogP contribution in [0.2, 0.25) is 0 Å². The molecule has 3 rings (SSSR count). The van der Waals surface area contributed by atoms with Gasteiger partial charge in [-0.05, 0) is 37.1 Å². The zero-order valence-electron chi connectivity index (χ0n) is 15.2. The van der Waals surface area contributed by atoms with Gasteiger partial charge < -0.3 is 19.7 Å². The number of rotatable bonds is 7. The lowest BCUT2D eigenvalue weighted by molar-refractivity contribution is -0.116. The summed E-state index contributed by atoms with van der Waals surface area (Å²) >= 11 is 0. The molecule has 1 fully saturated rings. The van der Waals surface area contributed by atoms with Gasteiger partial charge in [-0.25, -0.2) is 0 Å². The van der Waals surface area contributed by atoms with Crippen molar-refractivity contribution in [3.63, 3.8) is 0 Å². The standard InChI is InChI=1S/C21H26N2O3/c1-2-26-20-10-6-3-7-17(20)11-12-21(24)22-18-8-4-5-9-19(18)23-13-15-25-16-14-23/h3-10H,2,11-16H2,1H3,(H,22,24). The largest absolute Gasteiger partial charge is 0.494 e. The van der Waals surface area contributed by atoms with E-state index in [1.807, 2.05) is 55.5 Å². The van der Waals surface area contributed by atoms with E-state index in [2.05, 4.69) is 10.2 Å². The molecule has 1 amide bonds. The molecule has 0 aliphatic carbocycles. The number of carbonyl (C=O) groups excluding carboxylic acids is 1. The van der Waals surface area contributed by atoms with Gasteiger partial charge in [-0.15, -0.1) is 0 Å². The minimum atomic E-state index is 0.0111. The van der Waals surface area contributed by atoms with Crippen LogP contribution in [0.5, 0.6) is 5.75 Å². The van der Waals surface area contributed by atoms with Gasteiger partial charge in [0.1, 0.15) is 5.75 Å². The van der Waals surface area contributed by atoms with Crippen molar-refractivity contribution in [2.75, 3.05) is 43.1 Å². The maximum absolute atomic E-state index is 12.5. The number of amides is 1. The summed E-state index contributed by atoms with van der Waals surface area (Å²) in [5.41, 5.74) is 2.97. The van der Waals surface area contributed by atoms with Gasteiger partial charge >= 0.3 is 0 Å². The average molecular weight is 354 g/mol. The average Bonchev–Trinajstić information content (AvgIpc) is 2.69. The maximum Gasteiger partial charge on any atom is 0.224 e. The van der Waals surface area contributed by atoms with E-state index < -0.39 is 0 Å². The molecule has 26 heavy (non-hydrogen) atoms. The first kappa shape index (κ1) is 18.3. The van der Waals surface area contributed by atoms with Gasteiger partial charge in [0.05, 0.1) is 31.2 Å². The Morgan fingerprint density at radius 3 is 2.65 bits per heavy atom. The lowest BCUT2D eigenvalue weighted by Gasteiger charge is -2.30. The lowest BCUT2D eigenvalue weighted by Crippen LogP contribution is -2.36. The zero-order valence-corrected chi connectivity index (χ0v) is 15.2. The molecule has 0 unspecified atom stereocenters. The van der Waals surface area contributed by atoms with Gasteiger partial charge in [0.2, 0.25) is 5.91 Å². The first-order chi connectivity index (χ1) is 12.8. The van der Waals surface area contributed by atoms with Crippen LogP contribution in [0.15, 0.2) is 48.5 Å². The minimum Gasteiger partial charge on any atom is -0.494 e. The number of anilines is 2. The Morgan fingerprint density at radius 1 is 1.12 bits per heavy atom. The third-order valence-corrected chi connectivity index (χ3v) is 4.42. The molecule has 2 aromatic carbocycles. The summed E-state index contributed by atoms with van der Waals surface area (Å²) in [5.74, 6) is 0.869. The number of morpholine rings is 1. The summed E-state index contributed by atoms with van der Waals surface area (Å²) in [4.78, 5) is 14.7. The van der Waals surface area contributed by atoms with Crippen LogP contribution in [-0.4, -0.2) is 38.8 Å². The molecule has 1 heterocycles. The number of para-hydroxylation sites is 3. The fraction of sp³-hybridized carbons (Fsp3) is 0.381. The highest BCUT2D eigenvalue weighted by Gasteiger charge is 2.16. The van der Waals surface area contributed by atoms with Gasteiger partial charge in [0, 0.05) is 19.5 Å². The van der Waals surface area contributed by atoms with Gasteiger partial charge in [-0.2, -0.15) is 0 Å². The first-order valence-corrected chi connectivity index (χ1v) is 9.20. The van der Waals surface area contributed by atoms with Crippen LogP contribution in [0.1, 0.15) is 18.9 Å². The molecule has 0 aromatic heterocycles. The van der Waals surface area contributed by atoms with Crippen LogP contribution >= 0.6 is 0 Å². The number of nitrogens with one attached hydrogen (secondary N) is 1. The number of carbonyl (C=O) groups is 1. The predicted molar refractivity (Wildman–Crippen MR) is 104 cm³/mol. The molecule has 1 N–H and O–H groups in total. The molecule has 0 spiro atoms. The molecule has 0 radical (unpaired) electrons. The van der Waals surface area contributed by atoms with Crippen molar-refractivity contribution in [1.82, 2.24) is 0 Å². The molecule has 138 valence electrons. The fourth-order valence-electron chi connectivity index (χ4n) is 3.13.